The van der Waals surface area contributed by atoms with Crippen LogP contribution in [0.4, 0.5) is 11.4 Å². The van der Waals surface area contributed by atoms with E-state index in [-0.39, 0.29) is 5.91 Å². The van der Waals surface area contributed by atoms with E-state index in [1.807, 2.05) is 91.0 Å². The molecule has 0 atom stereocenters. The van der Waals surface area contributed by atoms with Crippen LogP contribution >= 0.6 is 0 Å². The van der Waals surface area contributed by atoms with Crippen LogP contribution in [0.3, 0.4) is 0 Å². The highest BCUT2D eigenvalue weighted by Crippen LogP contribution is 2.33. The number of fused-ring (bicyclic) bond motifs is 1. The minimum Gasteiger partial charge on any atom is -0.309 e. The van der Waals surface area contributed by atoms with Crippen molar-refractivity contribution in [3.63, 3.8) is 0 Å². The third kappa shape index (κ3) is 2.95. The van der Waals surface area contributed by atoms with Crippen LogP contribution in [0.2, 0.25) is 0 Å². The average molecular weight is 338 g/mol. The van der Waals surface area contributed by atoms with Crippen molar-refractivity contribution in [3.8, 4) is 0 Å². The summed E-state index contributed by atoms with van der Waals surface area (Å²) in [5.74, 6) is -0.0491. The van der Waals surface area contributed by atoms with Gasteiger partial charge in [-0.1, -0.05) is 72.8 Å². The molecular formula is C23H18N2O. The molecule has 3 nitrogen and oxygen atoms in total. The van der Waals surface area contributed by atoms with Crippen molar-refractivity contribution in [1.82, 2.24) is 0 Å². The highest BCUT2D eigenvalue weighted by Gasteiger charge is 2.23. The Morgan fingerprint density at radius 2 is 1.31 bits per heavy atom. The van der Waals surface area contributed by atoms with Crippen LogP contribution in [0, 0.1) is 0 Å². The van der Waals surface area contributed by atoms with Gasteiger partial charge in [0.05, 0.1) is 17.1 Å². The molecular weight excluding hydrogens is 320 g/mol. The molecule has 1 heterocycles. The number of hydrogen-bond acceptors (Lipinski definition) is 2. The Balaban J connectivity index is 1.98. The normalized spacial score (nSPS) is 16.0. The number of carbonyl (C=O) groups excluding carboxylic acids is 1. The van der Waals surface area contributed by atoms with Crippen LogP contribution in [-0.4, -0.2) is 18.7 Å². The monoisotopic (exact) mass is 338 g/mol. The first kappa shape index (κ1) is 16.0. The molecule has 0 saturated carbocycles. The molecule has 1 amide bonds. The Hall–Kier alpha value is -3.46. The predicted octanol–water partition coefficient (Wildman–Crippen LogP) is 4.87. The second kappa shape index (κ2) is 6.81. The number of para-hydroxylation sites is 2. The van der Waals surface area contributed by atoms with E-state index in [0.29, 0.717) is 5.57 Å². The summed E-state index contributed by atoms with van der Waals surface area (Å²) in [5, 5.41) is 0. The van der Waals surface area contributed by atoms with Gasteiger partial charge < -0.3 is 4.90 Å². The number of nitrogens with zero attached hydrogens (tertiary/aromatic N) is 2. The Morgan fingerprint density at radius 1 is 0.731 bits per heavy atom. The molecule has 1 aliphatic heterocycles. The summed E-state index contributed by atoms with van der Waals surface area (Å²) in [5.41, 5.74) is 4.85. The maximum atomic E-state index is 13.2. The summed E-state index contributed by atoms with van der Waals surface area (Å²) >= 11 is 0. The van der Waals surface area contributed by atoms with Gasteiger partial charge in [-0.25, -0.2) is 4.99 Å². The average Bonchev–Trinajstić information content (AvgIpc) is 2.71. The van der Waals surface area contributed by atoms with Gasteiger partial charge in [0, 0.05) is 18.2 Å². The Kier molecular flexibility index (Phi) is 4.20. The maximum Gasteiger partial charge on any atom is 0.258 e. The quantitative estimate of drug-likeness (QED) is 0.656. The maximum absolute atomic E-state index is 13.2. The van der Waals surface area contributed by atoms with Gasteiger partial charge in [0.15, 0.2) is 0 Å². The highest BCUT2D eigenvalue weighted by molar-refractivity contribution is 6.32. The lowest BCUT2D eigenvalue weighted by Crippen LogP contribution is -2.28. The zero-order valence-electron chi connectivity index (χ0n) is 14.5. The van der Waals surface area contributed by atoms with E-state index in [4.69, 9.17) is 4.99 Å². The molecule has 0 saturated heterocycles. The van der Waals surface area contributed by atoms with Crippen molar-refractivity contribution in [2.45, 2.75) is 0 Å². The summed E-state index contributed by atoms with van der Waals surface area (Å²) in [6.07, 6.45) is 1.89. The molecule has 126 valence electrons. The standard InChI is InChI=1S/C23H18N2O/c1-25-22-15-9-8-14-20(22)24-21(18-12-6-3-7-13-18)16-19(23(25)26)17-10-4-2-5-11-17/h2-16H,1H3/b19-16-,24-21?. The van der Waals surface area contributed by atoms with Gasteiger partial charge in [-0.3, -0.25) is 4.79 Å². The van der Waals surface area contributed by atoms with E-state index in [1.54, 1.807) is 11.9 Å². The number of aliphatic imine (C=N–C) groups is 1. The molecule has 0 fully saturated rings. The van der Waals surface area contributed by atoms with Crippen molar-refractivity contribution in [2.24, 2.45) is 4.99 Å². The Labute approximate surface area is 152 Å². The number of rotatable bonds is 2. The lowest BCUT2D eigenvalue weighted by atomic mass is 9.99. The summed E-state index contributed by atoms with van der Waals surface area (Å²) < 4.78 is 0. The van der Waals surface area contributed by atoms with Crippen LogP contribution in [-0.2, 0) is 4.79 Å². The molecule has 3 aromatic carbocycles. The third-order valence-corrected chi connectivity index (χ3v) is 4.45. The zero-order chi connectivity index (χ0) is 17.9. The molecule has 1 aliphatic rings. The molecule has 3 heteroatoms. The van der Waals surface area contributed by atoms with Gasteiger partial charge in [-0.05, 0) is 23.8 Å². The molecule has 0 aromatic heterocycles. The predicted molar refractivity (Wildman–Crippen MR) is 107 cm³/mol. The number of benzene rings is 3. The van der Waals surface area contributed by atoms with Gasteiger partial charge in [0.25, 0.3) is 5.91 Å². The molecule has 0 aliphatic carbocycles. The number of allylic oxidation sites excluding steroid dienone is 1. The fourth-order valence-electron chi connectivity index (χ4n) is 3.07. The SMILES string of the molecule is CN1C(=O)/C(c2ccccc2)=C\C(c2ccccc2)=Nc2ccccc21. The lowest BCUT2D eigenvalue weighted by Gasteiger charge is -2.23. The van der Waals surface area contributed by atoms with Crippen LogP contribution < -0.4 is 4.90 Å². The highest BCUT2D eigenvalue weighted by atomic mass is 16.2. The topological polar surface area (TPSA) is 32.7 Å². The van der Waals surface area contributed by atoms with Gasteiger partial charge in [-0.2, -0.15) is 0 Å². The lowest BCUT2D eigenvalue weighted by molar-refractivity contribution is -0.113. The molecule has 0 unspecified atom stereocenters. The van der Waals surface area contributed by atoms with Crippen molar-refractivity contribution < 1.29 is 4.79 Å². The molecule has 0 N–H and O–H groups in total. The minimum absolute atomic E-state index is 0.0491. The summed E-state index contributed by atoms with van der Waals surface area (Å²) in [6.45, 7) is 0. The molecule has 0 radical (unpaired) electrons. The van der Waals surface area contributed by atoms with Gasteiger partial charge in [0.2, 0.25) is 0 Å². The van der Waals surface area contributed by atoms with Crippen molar-refractivity contribution in [1.29, 1.82) is 0 Å². The van der Waals surface area contributed by atoms with E-state index < -0.39 is 0 Å². The van der Waals surface area contributed by atoms with E-state index in [1.165, 1.54) is 0 Å². The van der Waals surface area contributed by atoms with E-state index in [2.05, 4.69) is 0 Å². The number of hydrogen-bond donors (Lipinski definition) is 0. The summed E-state index contributed by atoms with van der Waals surface area (Å²) in [7, 11) is 1.79. The largest absolute Gasteiger partial charge is 0.309 e. The zero-order valence-corrected chi connectivity index (χ0v) is 14.5. The van der Waals surface area contributed by atoms with E-state index >= 15 is 0 Å². The second-order valence-corrected chi connectivity index (χ2v) is 6.14. The van der Waals surface area contributed by atoms with Crippen LogP contribution in [0.1, 0.15) is 11.1 Å². The number of carbonyl (C=O) groups is 1. The van der Waals surface area contributed by atoms with Crippen molar-refractivity contribution in [2.75, 3.05) is 11.9 Å². The first-order valence-corrected chi connectivity index (χ1v) is 8.52. The van der Waals surface area contributed by atoms with E-state index in [9.17, 15) is 4.79 Å². The smallest absolute Gasteiger partial charge is 0.258 e. The Bertz CT molecular complexity index is 1000. The third-order valence-electron chi connectivity index (χ3n) is 4.45. The van der Waals surface area contributed by atoms with Crippen molar-refractivity contribution in [3.05, 3.63) is 102 Å². The van der Waals surface area contributed by atoms with Crippen LogP contribution in [0.15, 0.2) is 96.0 Å². The molecule has 0 spiro atoms. The molecule has 0 bridgehead atoms. The van der Waals surface area contributed by atoms with Crippen molar-refractivity contribution >= 4 is 28.6 Å². The molecule has 3 aromatic rings. The van der Waals surface area contributed by atoms with Gasteiger partial charge >= 0.3 is 0 Å². The van der Waals surface area contributed by atoms with Crippen LogP contribution in [0.25, 0.3) is 5.57 Å². The second-order valence-electron chi connectivity index (χ2n) is 6.14. The van der Waals surface area contributed by atoms with Gasteiger partial charge in [0.1, 0.15) is 0 Å². The fourth-order valence-corrected chi connectivity index (χ4v) is 3.07. The fraction of sp³-hybridized carbons (Fsp3) is 0.0435. The first-order chi connectivity index (χ1) is 12.7. The summed E-state index contributed by atoms with van der Waals surface area (Å²) in [4.78, 5) is 19.8. The first-order valence-electron chi connectivity index (χ1n) is 8.52. The molecule has 26 heavy (non-hydrogen) atoms. The number of amides is 1. The molecule has 4 rings (SSSR count). The number of likely N-dealkylation sites (N-methyl/N-ethyl adjacent to an activating group) is 1. The minimum atomic E-state index is -0.0491. The summed E-state index contributed by atoms with van der Waals surface area (Å²) in [6, 6.07) is 27.4. The number of anilines is 1. The van der Waals surface area contributed by atoms with E-state index in [0.717, 1.165) is 28.2 Å². The van der Waals surface area contributed by atoms with Crippen LogP contribution in [0.5, 0.6) is 0 Å². The Morgan fingerprint density at radius 3 is 2.00 bits per heavy atom. The van der Waals surface area contributed by atoms with Gasteiger partial charge in [-0.15, -0.1) is 0 Å².